The topological polar surface area (TPSA) is 81.1 Å². The number of nitrogens with zero attached hydrogens (tertiary/aromatic N) is 3. The molecule has 0 aliphatic rings. The highest BCUT2D eigenvalue weighted by molar-refractivity contribution is 5.89. The molecule has 0 unspecified atom stereocenters. The molecule has 1 heterocycles. The minimum atomic E-state index is -0.287. The number of hydrogen-bond acceptors (Lipinski definition) is 4. The molecule has 0 saturated heterocycles. The Morgan fingerprint density at radius 1 is 1.45 bits per heavy atom. The highest BCUT2D eigenvalue weighted by Gasteiger charge is 2.08. The molecular formula is C15H17N5O2. The maximum Gasteiger partial charge on any atom is 0.319 e. The van der Waals surface area contributed by atoms with Crippen LogP contribution in [0.15, 0.2) is 36.9 Å². The molecule has 1 atom stereocenters. The first-order valence-corrected chi connectivity index (χ1v) is 6.73. The monoisotopic (exact) mass is 299 g/mol. The Labute approximate surface area is 128 Å². The maximum atomic E-state index is 11.9. The van der Waals surface area contributed by atoms with Crippen molar-refractivity contribution in [2.75, 3.05) is 11.9 Å². The minimum Gasteiger partial charge on any atom is -0.481 e. The number of amides is 2. The number of anilines is 1. The second-order valence-electron chi connectivity index (χ2n) is 4.63. The summed E-state index contributed by atoms with van der Waals surface area (Å²) in [6.45, 7) is 2.65. The Bertz CT molecular complexity index is 631. The summed E-state index contributed by atoms with van der Waals surface area (Å²) >= 11 is 0. The van der Waals surface area contributed by atoms with Crippen molar-refractivity contribution < 1.29 is 9.53 Å². The average molecular weight is 299 g/mol. The molecule has 2 aromatic rings. The number of aromatic nitrogens is 3. The molecule has 1 aromatic carbocycles. The molecule has 0 radical (unpaired) electrons. The first kappa shape index (κ1) is 15.4. The predicted octanol–water partition coefficient (Wildman–Crippen LogP) is 1.50. The fraction of sp³-hybridized carbons (Fsp3) is 0.267. The van der Waals surface area contributed by atoms with Crippen molar-refractivity contribution in [2.24, 2.45) is 0 Å². The van der Waals surface area contributed by atoms with Gasteiger partial charge in [0.25, 0.3) is 0 Å². The van der Waals surface area contributed by atoms with Crippen molar-refractivity contribution in [1.29, 1.82) is 0 Å². The summed E-state index contributed by atoms with van der Waals surface area (Å²) in [6, 6.07) is 6.60. The number of terminal acetylenes is 1. The molecule has 0 saturated carbocycles. The van der Waals surface area contributed by atoms with Gasteiger partial charge in [-0.2, -0.15) is 5.10 Å². The number of carbonyl (C=O) groups excluding carboxylic acids is 1. The average Bonchev–Trinajstić information content (AvgIpc) is 2.99. The molecular weight excluding hydrogens is 282 g/mol. The lowest BCUT2D eigenvalue weighted by Crippen LogP contribution is -2.38. The van der Waals surface area contributed by atoms with Crippen LogP contribution in [0.5, 0.6) is 5.75 Å². The van der Waals surface area contributed by atoms with Gasteiger partial charge in [0.2, 0.25) is 0 Å². The predicted molar refractivity (Wildman–Crippen MR) is 82.4 cm³/mol. The van der Waals surface area contributed by atoms with Gasteiger partial charge in [0.15, 0.2) is 0 Å². The summed E-state index contributed by atoms with van der Waals surface area (Å²) in [5, 5.41) is 9.55. The standard InChI is InChI=1S/C15H17N5O2/c1-3-8-22-14-6-4-13(5-7-14)19-15(21)18-12(2)9-20-11-16-10-17-20/h1,4-7,10-12H,8-9H2,2H3,(H2,18,19,21)/t12-/m1/s1. The largest absolute Gasteiger partial charge is 0.481 e. The van der Waals surface area contributed by atoms with E-state index in [0.717, 1.165) is 0 Å². The molecule has 22 heavy (non-hydrogen) atoms. The van der Waals surface area contributed by atoms with Crippen LogP contribution in [-0.2, 0) is 6.54 Å². The van der Waals surface area contributed by atoms with E-state index in [4.69, 9.17) is 11.2 Å². The van der Waals surface area contributed by atoms with Crippen LogP contribution in [0, 0.1) is 12.3 Å². The third-order valence-corrected chi connectivity index (χ3v) is 2.74. The first-order chi connectivity index (χ1) is 10.7. The van der Waals surface area contributed by atoms with Crippen molar-refractivity contribution in [2.45, 2.75) is 19.5 Å². The Morgan fingerprint density at radius 2 is 2.23 bits per heavy atom. The minimum absolute atomic E-state index is 0.0834. The molecule has 0 aliphatic heterocycles. The highest BCUT2D eigenvalue weighted by Crippen LogP contribution is 2.15. The Hall–Kier alpha value is -3.01. The number of carbonyl (C=O) groups is 1. The Balaban J connectivity index is 1.80. The molecule has 7 nitrogen and oxygen atoms in total. The molecule has 0 bridgehead atoms. The van der Waals surface area contributed by atoms with Crippen molar-refractivity contribution in [3.05, 3.63) is 36.9 Å². The smallest absolute Gasteiger partial charge is 0.319 e. The van der Waals surface area contributed by atoms with Crippen LogP contribution in [0.2, 0.25) is 0 Å². The van der Waals surface area contributed by atoms with E-state index in [9.17, 15) is 4.79 Å². The lowest BCUT2D eigenvalue weighted by molar-refractivity contribution is 0.247. The quantitative estimate of drug-likeness (QED) is 0.792. The van der Waals surface area contributed by atoms with Gasteiger partial charge in [0.05, 0.1) is 6.54 Å². The van der Waals surface area contributed by atoms with Crippen LogP contribution in [0.25, 0.3) is 0 Å². The van der Waals surface area contributed by atoms with E-state index < -0.39 is 0 Å². The number of benzene rings is 1. The summed E-state index contributed by atoms with van der Waals surface area (Å²) < 4.78 is 6.91. The summed E-state index contributed by atoms with van der Waals surface area (Å²) in [7, 11) is 0. The number of rotatable bonds is 6. The van der Waals surface area contributed by atoms with E-state index in [1.807, 2.05) is 6.92 Å². The molecule has 114 valence electrons. The van der Waals surface area contributed by atoms with E-state index in [-0.39, 0.29) is 18.7 Å². The van der Waals surface area contributed by atoms with Gasteiger partial charge in [-0.15, -0.1) is 6.42 Å². The second kappa shape index (κ2) is 7.69. The number of nitrogens with one attached hydrogen (secondary N) is 2. The van der Waals surface area contributed by atoms with Crippen molar-refractivity contribution in [3.63, 3.8) is 0 Å². The number of hydrogen-bond donors (Lipinski definition) is 2. The fourth-order valence-corrected chi connectivity index (χ4v) is 1.80. The third-order valence-electron chi connectivity index (χ3n) is 2.74. The molecule has 2 amide bonds. The van der Waals surface area contributed by atoms with Crippen molar-refractivity contribution in [3.8, 4) is 18.1 Å². The maximum absolute atomic E-state index is 11.9. The van der Waals surface area contributed by atoms with Gasteiger partial charge in [-0.1, -0.05) is 5.92 Å². The van der Waals surface area contributed by atoms with Gasteiger partial charge in [0.1, 0.15) is 25.0 Å². The van der Waals surface area contributed by atoms with Crippen LogP contribution in [0.3, 0.4) is 0 Å². The highest BCUT2D eigenvalue weighted by atomic mass is 16.5. The van der Waals surface area contributed by atoms with Crippen molar-refractivity contribution in [1.82, 2.24) is 20.1 Å². The summed E-state index contributed by atoms with van der Waals surface area (Å²) in [5.41, 5.74) is 0.665. The lowest BCUT2D eigenvalue weighted by Gasteiger charge is -2.14. The summed E-state index contributed by atoms with van der Waals surface area (Å²) in [5.74, 6) is 3.05. The molecule has 0 spiro atoms. The normalized spacial score (nSPS) is 11.3. The Morgan fingerprint density at radius 3 is 2.86 bits per heavy atom. The second-order valence-corrected chi connectivity index (χ2v) is 4.63. The van der Waals surface area contributed by atoms with E-state index in [0.29, 0.717) is 18.0 Å². The molecule has 0 fully saturated rings. The van der Waals surface area contributed by atoms with Crippen LogP contribution >= 0.6 is 0 Å². The van der Waals surface area contributed by atoms with Gasteiger partial charge >= 0.3 is 6.03 Å². The van der Waals surface area contributed by atoms with Crippen LogP contribution < -0.4 is 15.4 Å². The first-order valence-electron chi connectivity index (χ1n) is 6.73. The summed E-state index contributed by atoms with van der Waals surface area (Å²) in [4.78, 5) is 15.7. The van der Waals surface area contributed by atoms with Gasteiger partial charge < -0.3 is 15.4 Å². The summed E-state index contributed by atoms with van der Waals surface area (Å²) in [6.07, 6.45) is 8.17. The molecule has 2 rings (SSSR count). The lowest BCUT2D eigenvalue weighted by atomic mass is 10.3. The van der Waals surface area contributed by atoms with Crippen molar-refractivity contribution >= 4 is 11.7 Å². The van der Waals surface area contributed by atoms with E-state index in [1.54, 1.807) is 35.3 Å². The molecule has 1 aromatic heterocycles. The van der Waals surface area contributed by atoms with E-state index in [1.165, 1.54) is 6.33 Å². The zero-order valence-electron chi connectivity index (χ0n) is 12.2. The molecule has 2 N–H and O–H groups in total. The Kier molecular flexibility index (Phi) is 5.37. The van der Waals surface area contributed by atoms with E-state index >= 15 is 0 Å². The van der Waals surface area contributed by atoms with Crippen LogP contribution in [-0.4, -0.2) is 33.4 Å². The van der Waals surface area contributed by atoms with E-state index in [2.05, 4.69) is 26.6 Å². The number of ether oxygens (including phenoxy) is 1. The fourth-order valence-electron chi connectivity index (χ4n) is 1.80. The number of urea groups is 1. The molecule has 7 heteroatoms. The third kappa shape index (κ3) is 4.83. The van der Waals surface area contributed by atoms with Gasteiger partial charge in [-0.3, -0.25) is 4.68 Å². The van der Waals surface area contributed by atoms with Gasteiger partial charge in [-0.05, 0) is 31.2 Å². The van der Waals surface area contributed by atoms with Crippen LogP contribution in [0.4, 0.5) is 10.5 Å². The zero-order valence-corrected chi connectivity index (χ0v) is 12.2. The SMILES string of the molecule is C#CCOc1ccc(NC(=O)N[C@H](C)Cn2cncn2)cc1. The molecule has 0 aliphatic carbocycles. The van der Waals surface area contributed by atoms with Gasteiger partial charge in [0, 0.05) is 11.7 Å². The van der Waals surface area contributed by atoms with Crippen LogP contribution in [0.1, 0.15) is 6.92 Å². The van der Waals surface area contributed by atoms with Gasteiger partial charge in [-0.25, -0.2) is 9.78 Å². The zero-order chi connectivity index (χ0) is 15.8.